The summed E-state index contributed by atoms with van der Waals surface area (Å²) >= 11 is 0. The number of anilines is 1. The zero-order chi connectivity index (χ0) is 20.8. The summed E-state index contributed by atoms with van der Waals surface area (Å²) < 4.78 is 5.52. The zero-order valence-corrected chi connectivity index (χ0v) is 16.7. The van der Waals surface area contributed by atoms with Crippen molar-refractivity contribution in [3.05, 3.63) is 59.7 Å². The normalized spacial score (nSPS) is 13.7. The molecule has 0 unspecified atom stereocenters. The van der Waals surface area contributed by atoms with E-state index in [0.29, 0.717) is 55.3 Å². The van der Waals surface area contributed by atoms with Crippen LogP contribution in [0.15, 0.2) is 48.5 Å². The Bertz CT molecular complexity index is 887. The summed E-state index contributed by atoms with van der Waals surface area (Å²) in [5.74, 6) is 0.270. The largest absolute Gasteiger partial charge is 0.492 e. The first-order chi connectivity index (χ1) is 14.0. The lowest BCUT2D eigenvalue weighted by molar-refractivity contribution is -0.130. The van der Waals surface area contributed by atoms with E-state index in [1.54, 1.807) is 46.2 Å². The Morgan fingerprint density at radius 2 is 1.48 bits per heavy atom. The zero-order valence-electron chi connectivity index (χ0n) is 16.7. The Hall–Kier alpha value is -3.35. The molecule has 0 aromatic heterocycles. The Labute approximate surface area is 170 Å². The third-order valence-electron chi connectivity index (χ3n) is 4.84. The summed E-state index contributed by atoms with van der Waals surface area (Å²) in [5, 5.41) is 2.84. The molecule has 3 amide bonds. The summed E-state index contributed by atoms with van der Waals surface area (Å²) in [5.41, 5.74) is 1.57. The quantitative estimate of drug-likeness (QED) is 0.844. The first-order valence-corrected chi connectivity index (χ1v) is 9.67. The molecular formula is C22H25N3O4. The van der Waals surface area contributed by atoms with Crippen molar-refractivity contribution in [1.82, 2.24) is 9.80 Å². The van der Waals surface area contributed by atoms with Gasteiger partial charge in [0.2, 0.25) is 5.91 Å². The number of nitrogens with zero attached hydrogens (tertiary/aromatic N) is 2. The molecule has 0 spiro atoms. The summed E-state index contributed by atoms with van der Waals surface area (Å²) in [6.45, 7) is 6.03. The number of carbonyl (C=O) groups is 3. The van der Waals surface area contributed by atoms with Crippen molar-refractivity contribution >= 4 is 23.4 Å². The van der Waals surface area contributed by atoms with Gasteiger partial charge in [0.05, 0.1) is 12.3 Å². The van der Waals surface area contributed by atoms with Crippen LogP contribution in [-0.2, 0) is 4.79 Å². The van der Waals surface area contributed by atoms with Gasteiger partial charge in [-0.2, -0.15) is 0 Å². The molecule has 0 atom stereocenters. The van der Waals surface area contributed by atoms with E-state index < -0.39 is 0 Å². The van der Waals surface area contributed by atoms with Gasteiger partial charge in [0.25, 0.3) is 11.8 Å². The number of nitrogens with one attached hydrogen (secondary N) is 1. The van der Waals surface area contributed by atoms with Gasteiger partial charge in [-0.3, -0.25) is 14.4 Å². The fraction of sp³-hybridized carbons (Fsp3) is 0.318. The molecule has 1 fully saturated rings. The molecule has 1 aliphatic rings. The maximum absolute atomic E-state index is 12.7. The van der Waals surface area contributed by atoms with Crippen molar-refractivity contribution in [2.45, 2.75) is 13.8 Å². The lowest BCUT2D eigenvalue weighted by Crippen LogP contribution is -2.50. The van der Waals surface area contributed by atoms with Gasteiger partial charge >= 0.3 is 0 Å². The molecule has 0 saturated carbocycles. The standard InChI is InChI=1S/C22H25N3O4/c1-3-29-20-7-5-4-6-19(20)23-21(27)17-8-10-18(11-9-17)22(28)25-14-12-24(13-15-25)16(2)26/h4-11H,3,12-15H2,1-2H3,(H,23,27). The van der Waals surface area contributed by atoms with Gasteiger partial charge in [-0.25, -0.2) is 0 Å². The number of para-hydroxylation sites is 2. The van der Waals surface area contributed by atoms with Gasteiger partial charge in [-0.15, -0.1) is 0 Å². The highest BCUT2D eigenvalue weighted by Crippen LogP contribution is 2.24. The van der Waals surface area contributed by atoms with Gasteiger partial charge in [-0.1, -0.05) is 12.1 Å². The number of hydrogen-bond donors (Lipinski definition) is 1. The van der Waals surface area contributed by atoms with E-state index in [2.05, 4.69) is 5.32 Å². The van der Waals surface area contributed by atoms with Crippen LogP contribution in [0.4, 0.5) is 5.69 Å². The van der Waals surface area contributed by atoms with Crippen molar-refractivity contribution < 1.29 is 19.1 Å². The van der Waals surface area contributed by atoms with Crippen LogP contribution in [0.3, 0.4) is 0 Å². The maximum atomic E-state index is 12.7. The predicted octanol–water partition coefficient (Wildman–Crippen LogP) is 2.64. The molecule has 1 heterocycles. The minimum absolute atomic E-state index is 0.0263. The Kier molecular flexibility index (Phi) is 6.49. The van der Waals surface area contributed by atoms with Gasteiger partial charge in [0, 0.05) is 44.2 Å². The molecule has 0 bridgehead atoms. The van der Waals surface area contributed by atoms with Crippen molar-refractivity contribution in [1.29, 1.82) is 0 Å². The summed E-state index contributed by atoms with van der Waals surface area (Å²) in [6.07, 6.45) is 0. The van der Waals surface area contributed by atoms with Gasteiger partial charge < -0.3 is 19.9 Å². The highest BCUT2D eigenvalue weighted by atomic mass is 16.5. The Balaban J connectivity index is 1.63. The van der Waals surface area contributed by atoms with E-state index in [4.69, 9.17) is 4.74 Å². The molecule has 152 valence electrons. The highest BCUT2D eigenvalue weighted by molar-refractivity contribution is 6.05. The van der Waals surface area contributed by atoms with E-state index in [9.17, 15) is 14.4 Å². The van der Waals surface area contributed by atoms with Crippen molar-refractivity contribution in [3.63, 3.8) is 0 Å². The predicted molar refractivity (Wildman–Crippen MR) is 110 cm³/mol. The van der Waals surface area contributed by atoms with E-state index in [-0.39, 0.29) is 17.7 Å². The average Bonchev–Trinajstić information content (AvgIpc) is 2.75. The highest BCUT2D eigenvalue weighted by Gasteiger charge is 2.23. The monoisotopic (exact) mass is 395 g/mol. The van der Waals surface area contributed by atoms with Gasteiger partial charge in [0.1, 0.15) is 5.75 Å². The summed E-state index contributed by atoms with van der Waals surface area (Å²) in [4.78, 5) is 40.1. The Morgan fingerprint density at radius 1 is 0.897 bits per heavy atom. The lowest BCUT2D eigenvalue weighted by Gasteiger charge is -2.34. The smallest absolute Gasteiger partial charge is 0.255 e. The number of benzene rings is 2. The lowest BCUT2D eigenvalue weighted by atomic mass is 10.1. The van der Waals surface area contributed by atoms with Crippen LogP contribution < -0.4 is 10.1 Å². The van der Waals surface area contributed by atoms with Crippen LogP contribution in [0.2, 0.25) is 0 Å². The van der Waals surface area contributed by atoms with Gasteiger partial charge in [-0.05, 0) is 43.3 Å². The molecule has 3 rings (SSSR count). The van der Waals surface area contributed by atoms with Gasteiger partial charge in [0.15, 0.2) is 0 Å². The van der Waals surface area contributed by atoms with Crippen molar-refractivity contribution in [2.24, 2.45) is 0 Å². The fourth-order valence-electron chi connectivity index (χ4n) is 3.22. The van der Waals surface area contributed by atoms with Crippen LogP contribution in [0, 0.1) is 0 Å². The molecule has 1 N–H and O–H groups in total. The van der Waals surface area contributed by atoms with E-state index in [1.165, 1.54) is 6.92 Å². The van der Waals surface area contributed by atoms with Crippen LogP contribution in [0.1, 0.15) is 34.6 Å². The molecule has 2 aromatic carbocycles. The SMILES string of the molecule is CCOc1ccccc1NC(=O)c1ccc(C(=O)N2CCN(C(C)=O)CC2)cc1. The molecule has 7 nitrogen and oxygen atoms in total. The molecular weight excluding hydrogens is 370 g/mol. The van der Waals surface area contributed by atoms with Crippen LogP contribution in [0.25, 0.3) is 0 Å². The van der Waals surface area contributed by atoms with Crippen LogP contribution in [0.5, 0.6) is 5.75 Å². The summed E-state index contributed by atoms with van der Waals surface area (Å²) in [7, 11) is 0. The van der Waals surface area contributed by atoms with Crippen molar-refractivity contribution in [2.75, 3.05) is 38.1 Å². The Morgan fingerprint density at radius 3 is 2.10 bits per heavy atom. The fourth-order valence-corrected chi connectivity index (χ4v) is 3.22. The molecule has 1 saturated heterocycles. The van der Waals surface area contributed by atoms with Crippen molar-refractivity contribution in [3.8, 4) is 5.75 Å². The van der Waals surface area contributed by atoms with E-state index >= 15 is 0 Å². The van der Waals surface area contributed by atoms with Crippen LogP contribution >= 0.6 is 0 Å². The number of carbonyl (C=O) groups excluding carboxylic acids is 3. The number of amides is 3. The minimum atomic E-state index is -0.272. The molecule has 0 aliphatic carbocycles. The molecule has 29 heavy (non-hydrogen) atoms. The summed E-state index contributed by atoms with van der Waals surface area (Å²) in [6, 6.07) is 13.8. The third-order valence-corrected chi connectivity index (χ3v) is 4.84. The van der Waals surface area contributed by atoms with E-state index in [0.717, 1.165) is 0 Å². The molecule has 0 radical (unpaired) electrons. The third kappa shape index (κ3) is 4.93. The number of ether oxygens (including phenoxy) is 1. The van der Waals surface area contributed by atoms with Crippen LogP contribution in [-0.4, -0.2) is 60.3 Å². The first kappa shape index (κ1) is 20.4. The number of rotatable bonds is 5. The molecule has 7 heteroatoms. The number of hydrogen-bond acceptors (Lipinski definition) is 4. The molecule has 2 aromatic rings. The molecule has 1 aliphatic heterocycles. The topological polar surface area (TPSA) is 79.0 Å². The number of piperazine rings is 1. The second-order valence-electron chi connectivity index (χ2n) is 6.76. The second kappa shape index (κ2) is 9.23. The second-order valence-corrected chi connectivity index (χ2v) is 6.76. The minimum Gasteiger partial charge on any atom is -0.492 e. The van der Waals surface area contributed by atoms with E-state index in [1.807, 2.05) is 19.1 Å². The first-order valence-electron chi connectivity index (χ1n) is 9.67. The average molecular weight is 395 g/mol. The maximum Gasteiger partial charge on any atom is 0.255 e.